The summed E-state index contributed by atoms with van der Waals surface area (Å²) in [6, 6.07) is 1.88. The number of nitrogens with one attached hydrogen (secondary N) is 1. The molecule has 0 aliphatic carbocycles. The smallest absolute Gasteiger partial charge is 0.271 e. The number of aromatic nitrogens is 7. The van der Waals surface area contributed by atoms with Crippen molar-refractivity contribution in [2.45, 2.75) is 19.5 Å². The van der Waals surface area contributed by atoms with Crippen LogP contribution < -0.4 is 0 Å². The molecule has 0 spiro atoms. The lowest BCUT2D eigenvalue weighted by atomic mass is 10.3. The number of H-pyrrole nitrogens is 1. The number of aromatic amines is 1. The normalized spacial score (nSPS) is 14.5. The van der Waals surface area contributed by atoms with Gasteiger partial charge in [-0.3, -0.25) is 9.48 Å². The zero-order chi connectivity index (χ0) is 15.6. The first-order valence-corrected chi connectivity index (χ1v) is 7.47. The largest absolute Gasteiger partial charge is 0.341 e. The standard InChI is InChI=1S/C14H16N8O/c23-14(11-8-15-10-16-11)20-5-2-12-18-19-13(22(12)7-6-20)9-21-4-1-3-17-21/h1,3-4,8,10H,2,5-7,9H2,(H,15,16). The number of nitrogens with zero attached hydrogens (tertiary/aromatic N) is 7. The number of carbonyl (C=O) groups excluding carboxylic acids is 1. The van der Waals surface area contributed by atoms with E-state index in [0.29, 0.717) is 38.3 Å². The van der Waals surface area contributed by atoms with E-state index in [1.807, 2.05) is 21.8 Å². The van der Waals surface area contributed by atoms with Gasteiger partial charge in [0, 0.05) is 38.4 Å². The zero-order valence-electron chi connectivity index (χ0n) is 12.5. The van der Waals surface area contributed by atoms with Crippen LogP contribution in [-0.2, 0) is 19.5 Å². The third-order valence-corrected chi connectivity index (χ3v) is 3.98. The Kier molecular flexibility index (Phi) is 3.37. The van der Waals surface area contributed by atoms with Crippen molar-refractivity contribution in [2.75, 3.05) is 13.1 Å². The van der Waals surface area contributed by atoms with Gasteiger partial charge < -0.3 is 14.5 Å². The van der Waals surface area contributed by atoms with Crippen molar-refractivity contribution in [3.63, 3.8) is 0 Å². The average Bonchev–Trinajstić information content (AvgIpc) is 3.29. The monoisotopic (exact) mass is 312 g/mol. The summed E-state index contributed by atoms with van der Waals surface area (Å²) >= 11 is 0. The first-order chi connectivity index (χ1) is 11.3. The molecule has 0 aromatic carbocycles. The summed E-state index contributed by atoms with van der Waals surface area (Å²) in [7, 11) is 0. The van der Waals surface area contributed by atoms with Crippen LogP contribution >= 0.6 is 0 Å². The first-order valence-electron chi connectivity index (χ1n) is 7.47. The van der Waals surface area contributed by atoms with E-state index >= 15 is 0 Å². The van der Waals surface area contributed by atoms with E-state index in [0.717, 1.165) is 11.6 Å². The highest BCUT2D eigenvalue weighted by atomic mass is 16.2. The van der Waals surface area contributed by atoms with Crippen molar-refractivity contribution in [1.29, 1.82) is 0 Å². The summed E-state index contributed by atoms with van der Waals surface area (Å²) in [6.07, 6.45) is 7.39. The van der Waals surface area contributed by atoms with Crippen LogP contribution in [0.4, 0.5) is 0 Å². The molecule has 0 atom stereocenters. The fraction of sp³-hybridized carbons (Fsp3) is 0.357. The number of carbonyl (C=O) groups is 1. The minimum Gasteiger partial charge on any atom is -0.341 e. The second-order valence-electron chi connectivity index (χ2n) is 5.40. The number of imidazole rings is 1. The summed E-state index contributed by atoms with van der Waals surface area (Å²) in [4.78, 5) is 21.0. The number of hydrogen-bond donors (Lipinski definition) is 1. The number of fused-ring (bicyclic) bond motifs is 1. The minimum atomic E-state index is -0.0326. The number of hydrogen-bond acceptors (Lipinski definition) is 5. The molecule has 1 N–H and O–H groups in total. The average molecular weight is 312 g/mol. The van der Waals surface area contributed by atoms with Crippen LogP contribution in [0.15, 0.2) is 31.0 Å². The third-order valence-electron chi connectivity index (χ3n) is 3.98. The molecule has 0 saturated heterocycles. The van der Waals surface area contributed by atoms with E-state index in [1.54, 1.807) is 12.4 Å². The molecule has 118 valence electrons. The van der Waals surface area contributed by atoms with Crippen molar-refractivity contribution in [3.8, 4) is 0 Å². The quantitative estimate of drug-likeness (QED) is 0.731. The maximum atomic E-state index is 12.4. The van der Waals surface area contributed by atoms with Crippen molar-refractivity contribution in [3.05, 3.63) is 48.3 Å². The fourth-order valence-electron chi connectivity index (χ4n) is 2.79. The van der Waals surface area contributed by atoms with Gasteiger partial charge in [-0.05, 0) is 6.07 Å². The maximum absolute atomic E-state index is 12.4. The molecule has 4 heterocycles. The van der Waals surface area contributed by atoms with Crippen LogP contribution in [0.1, 0.15) is 22.1 Å². The Morgan fingerprint density at radius 1 is 1.26 bits per heavy atom. The van der Waals surface area contributed by atoms with Crippen LogP contribution in [-0.4, -0.2) is 58.4 Å². The summed E-state index contributed by atoms with van der Waals surface area (Å²) < 4.78 is 3.90. The summed E-state index contributed by atoms with van der Waals surface area (Å²) in [5.74, 6) is 1.74. The van der Waals surface area contributed by atoms with Crippen LogP contribution in [0.2, 0.25) is 0 Å². The van der Waals surface area contributed by atoms with Gasteiger partial charge in [-0.25, -0.2) is 4.98 Å². The lowest BCUT2D eigenvalue weighted by Gasteiger charge is -2.19. The highest BCUT2D eigenvalue weighted by Crippen LogP contribution is 2.12. The Morgan fingerprint density at radius 3 is 3.00 bits per heavy atom. The molecule has 1 aliphatic rings. The van der Waals surface area contributed by atoms with Gasteiger partial charge in [-0.1, -0.05) is 0 Å². The molecule has 9 nitrogen and oxygen atoms in total. The highest BCUT2D eigenvalue weighted by Gasteiger charge is 2.23. The molecule has 0 bridgehead atoms. The summed E-state index contributed by atoms with van der Waals surface area (Å²) in [6.45, 7) is 2.50. The molecule has 0 saturated carbocycles. The van der Waals surface area contributed by atoms with Gasteiger partial charge >= 0.3 is 0 Å². The van der Waals surface area contributed by atoms with Gasteiger partial charge in [-0.15, -0.1) is 10.2 Å². The Balaban J connectivity index is 1.51. The third kappa shape index (κ3) is 2.60. The van der Waals surface area contributed by atoms with Crippen molar-refractivity contribution < 1.29 is 4.79 Å². The zero-order valence-corrected chi connectivity index (χ0v) is 12.5. The highest BCUT2D eigenvalue weighted by molar-refractivity contribution is 5.92. The summed E-state index contributed by atoms with van der Waals surface area (Å²) in [5, 5.41) is 12.7. The van der Waals surface area contributed by atoms with Gasteiger partial charge in [0.2, 0.25) is 0 Å². The van der Waals surface area contributed by atoms with E-state index in [-0.39, 0.29) is 5.91 Å². The van der Waals surface area contributed by atoms with Crippen molar-refractivity contribution in [1.82, 2.24) is 39.4 Å². The Morgan fingerprint density at radius 2 is 2.22 bits per heavy atom. The Bertz CT molecular complexity index is 789. The molecule has 9 heteroatoms. The van der Waals surface area contributed by atoms with Crippen molar-refractivity contribution >= 4 is 5.91 Å². The Labute approximate surface area is 132 Å². The second kappa shape index (κ2) is 5.67. The number of amides is 1. The molecule has 1 amide bonds. The van der Waals surface area contributed by atoms with Gasteiger partial charge in [0.25, 0.3) is 5.91 Å². The topological polar surface area (TPSA) is 97.5 Å². The molecule has 23 heavy (non-hydrogen) atoms. The van der Waals surface area contributed by atoms with E-state index in [2.05, 4.69) is 29.8 Å². The van der Waals surface area contributed by atoms with E-state index in [9.17, 15) is 4.79 Å². The SMILES string of the molecule is O=C(c1cnc[nH]1)N1CCc2nnc(Cn3cccn3)n2CC1. The minimum absolute atomic E-state index is 0.0326. The van der Waals surface area contributed by atoms with Gasteiger partial charge in [-0.2, -0.15) is 5.10 Å². The molecule has 0 fully saturated rings. The van der Waals surface area contributed by atoms with Crippen molar-refractivity contribution in [2.24, 2.45) is 0 Å². The predicted molar refractivity (Wildman–Crippen MR) is 79.5 cm³/mol. The molecular formula is C14H16N8O. The van der Waals surface area contributed by atoms with Gasteiger partial charge in [0.05, 0.1) is 12.5 Å². The summed E-state index contributed by atoms with van der Waals surface area (Å²) in [5.41, 5.74) is 0.513. The van der Waals surface area contributed by atoms with E-state index in [1.165, 1.54) is 6.33 Å². The molecule has 0 radical (unpaired) electrons. The van der Waals surface area contributed by atoms with E-state index in [4.69, 9.17) is 0 Å². The molecule has 0 unspecified atom stereocenters. The van der Waals surface area contributed by atoms with Crippen LogP contribution in [0.5, 0.6) is 0 Å². The molecule has 4 rings (SSSR count). The fourth-order valence-corrected chi connectivity index (χ4v) is 2.79. The maximum Gasteiger partial charge on any atom is 0.271 e. The molecular weight excluding hydrogens is 296 g/mol. The molecule has 1 aliphatic heterocycles. The molecule has 3 aromatic rings. The predicted octanol–water partition coefficient (Wildman–Crippen LogP) is -0.0555. The van der Waals surface area contributed by atoms with Crippen LogP contribution in [0, 0.1) is 0 Å². The van der Waals surface area contributed by atoms with Crippen LogP contribution in [0.25, 0.3) is 0 Å². The molecule has 3 aromatic heterocycles. The Hall–Kier alpha value is -2.97. The van der Waals surface area contributed by atoms with Gasteiger partial charge in [0.15, 0.2) is 5.82 Å². The second-order valence-corrected chi connectivity index (χ2v) is 5.40. The lowest BCUT2D eigenvalue weighted by Crippen LogP contribution is -2.34. The number of rotatable bonds is 3. The van der Waals surface area contributed by atoms with E-state index < -0.39 is 0 Å². The lowest BCUT2D eigenvalue weighted by molar-refractivity contribution is 0.0753. The van der Waals surface area contributed by atoms with Gasteiger partial charge in [0.1, 0.15) is 18.1 Å². The van der Waals surface area contributed by atoms with Crippen LogP contribution in [0.3, 0.4) is 0 Å². The first kappa shape index (κ1) is 13.7.